The third kappa shape index (κ3) is 1.49. The zero-order valence-electron chi connectivity index (χ0n) is 6.82. The molecule has 0 bridgehead atoms. The Kier molecular flexibility index (Phi) is 2.37. The first kappa shape index (κ1) is 8.13. The lowest BCUT2D eigenvalue weighted by atomic mass is 10.2. The minimum atomic E-state index is 0.473. The van der Waals surface area contributed by atoms with Crippen LogP contribution in [0.4, 0.5) is 0 Å². The molecule has 0 aliphatic carbocycles. The second-order valence-electron chi connectivity index (χ2n) is 2.88. The summed E-state index contributed by atoms with van der Waals surface area (Å²) in [5.74, 6) is 2.09. The largest absolute Gasteiger partial charge is 0.447 e. The number of rotatable bonds is 2. The van der Waals surface area contributed by atoms with Gasteiger partial charge < -0.3 is 10.2 Å². The van der Waals surface area contributed by atoms with Crippen LogP contribution in [0.15, 0.2) is 10.7 Å². The summed E-state index contributed by atoms with van der Waals surface area (Å²) in [4.78, 5) is 4.30. The van der Waals surface area contributed by atoms with Gasteiger partial charge in [0.1, 0.15) is 6.26 Å². The molecule has 0 radical (unpaired) electrons. The third-order valence-electron chi connectivity index (χ3n) is 1.98. The molecule has 12 heavy (non-hydrogen) atoms. The minimum absolute atomic E-state index is 0.473. The first-order valence-corrected chi connectivity index (χ1v) is 5.21. The number of oxazole rings is 1. The van der Waals surface area contributed by atoms with E-state index in [1.165, 1.54) is 18.6 Å². The fraction of sp³-hybridized carbons (Fsp3) is 0.625. The maximum absolute atomic E-state index is 5.43. The molecule has 4 heteroatoms. The Balaban J connectivity index is 2.11. The van der Waals surface area contributed by atoms with Crippen LogP contribution in [0.25, 0.3) is 0 Å². The van der Waals surface area contributed by atoms with E-state index in [-0.39, 0.29) is 0 Å². The van der Waals surface area contributed by atoms with Crippen molar-refractivity contribution in [3.05, 3.63) is 17.8 Å². The highest BCUT2D eigenvalue weighted by molar-refractivity contribution is 7.99. The maximum Gasteiger partial charge on any atom is 0.207 e. The molecule has 1 aliphatic rings. The summed E-state index contributed by atoms with van der Waals surface area (Å²) in [6.45, 7) is 0.473. The van der Waals surface area contributed by atoms with E-state index in [1.54, 1.807) is 6.26 Å². The van der Waals surface area contributed by atoms with E-state index in [4.69, 9.17) is 10.2 Å². The molecular formula is C8H12N2OS. The van der Waals surface area contributed by atoms with Gasteiger partial charge in [0, 0.05) is 6.54 Å². The van der Waals surface area contributed by atoms with Gasteiger partial charge >= 0.3 is 0 Å². The molecule has 1 aromatic heterocycles. The molecule has 1 atom stereocenters. The number of hydrogen-bond donors (Lipinski definition) is 1. The highest BCUT2D eigenvalue weighted by Gasteiger charge is 2.21. The van der Waals surface area contributed by atoms with Gasteiger partial charge in [-0.05, 0) is 18.6 Å². The van der Waals surface area contributed by atoms with Crippen molar-refractivity contribution in [3.8, 4) is 0 Å². The lowest BCUT2D eigenvalue weighted by Gasteiger charge is -2.00. The fourth-order valence-electron chi connectivity index (χ4n) is 1.34. The number of thioether (sulfide) groups is 1. The molecule has 1 saturated heterocycles. The predicted molar refractivity (Wildman–Crippen MR) is 48.8 cm³/mol. The van der Waals surface area contributed by atoms with Crippen molar-refractivity contribution < 1.29 is 4.42 Å². The van der Waals surface area contributed by atoms with E-state index >= 15 is 0 Å². The molecule has 0 spiro atoms. The van der Waals surface area contributed by atoms with Crippen molar-refractivity contribution in [1.82, 2.24) is 4.98 Å². The lowest BCUT2D eigenvalue weighted by Crippen LogP contribution is -1.97. The lowest BCUT2D eigenvalue weighted by molar-refractivity contribution is 0.486. The summed E-state index contributed by atoms with van der Waals surface area (Å²) in [5.41, 5.74) is 6.29. The topological polar surface area (TPSA) is 52.0 Å². The Bertz CT molecular complexity index is 255. The molecule has 1 aliphatic heterocycles. The number of nitrogens with zero attached hydrogens (tertiary/aromatic N) is 1. The normalized spacial score (nSPS) is 23.2. The summed E-state index contributed by atoms with van der Waals surface area (Å²) in [5, 5.41) is 0.477. The standard InChI is InChI=1S/C8H12N2OS/c9-4-6-5-11-8(10-6)7-2-1-3-12-7/h5,7H,1-4,9H2. The van der Waals surface area contributed by atoms with Crippen LogP contribution in [0.3, 0.4) is 0 Å². The van der Waals surface area contributed by atoms with Crippen molar-refractivity contribution >= 4 is 11.8 Å². The van der Waals surface area contributed by atoms with Crippen molar-refractivity contribution in [3.63, 3.8) is 0 Å². The van der Waals surface area contributed by atoms with Gasteiger partial charge in [0.25, 0.3) is 0 Å². The fourth-order valence-corrected chi connectivity index (χ4v) is 2.54. The third-order valence-corrected chi connectivity index (χ3v) is 3.35. The van der Waals surface area contributed by atoms with Crippen molar-refractivity contribution in [2.75, 3.05) is 5.75 Å². The summed E-state index contributed by atoms with van der Waals surface area (Å²) >= 11 is 1.92. The van der Waals surface area contributed by atoms with Crippen LogP contribution in [0.2, 0.25) is 0 Å². The molecule has 0 aromatic carbocycles. The Hall–Kier alpha value is -0.480. The highest BCUT2D eigenvalue weighted by atomic mass is 32.2. The van der Waals surface area contributed by atoms with Gasteiger partial charge in [0.2, 0.25) is 5.89 Å². The van der Waals surface area contributed by atoms with E-state index in [0.29, 0.717) is 11.8 Å². The van der Waals surface area contributed by atoms with Crippen LogP contribution in [-0.2, 0) is 6.54 Å². The maximum atomic E-state index is 5.43. The molecule has 0 saturated carbocycles. The predicted octanol–water partition coefficient (Wildman–Crippen LogP) is 1.70. The number of nitrogens with two attached hydrogens (primary N) is 1. The molecule has 2 heterocycles. The monoisotopic (exact) mass is 184 g/mol. The average molecular weight is 184 g/mol. The smallest absolute Gasteiger partial charge is 0.207 e. The van der Waals surface area contributed by atoms with E-state index in [1.807, 2.05) is 11.8 Å². The summed E-state index contributed by atoms with van der Waals surface area (Å²) < 4.78 is 5.33. The van der Waals surface area contributed by atoms with E-state index in [2.05, 4.69) is 4.98 Å². The second kappa shape index (κ2) is 3.49. The summed E-state index contributed by atoms with van der Waals surface area (Å²) in [6, 6.07) is 0. The zero-order valence-corrected chi connectivity index (χ0v) is 7.64. The first-order chi connectivity index (χ1) is 5.90. The molecule has 2 N–H and O–H groups in total. The van der Waals surface area contributed by atoms with Crippen LogP contribution in [0.5, 0.6) is 0 Å². The molecule has 2 rings (SSSR count). The minimum Gasteiger partial charge on any atom is -0.447 e. The Morgan fingerprint density at radius 1 is 1.75 bits per heavy atom. The molecule has 3 nitrogen and oxygen atoms in total. The van der Waals surface area contributed by atoms with Gasteiger partial charge in [-0.15, -0.1) is 11.8 Å². The van der Waals surface area contributed by atoms with E-state index < -0.39 is 0 Å². The molecule has 0 amide bonds. The van der Waals surface area contributed by atoms with Crippen LogP contribution in [-0.4, -0.2) is 10.7 Å². The molecule has 1 aromatic rings. The van der Waals surface area contributed by atoms with Gasteiger partial charge in [0.05, 0.1) is 10.9 Å². The van der Waals surface area contributed by atoms with E-state index in [0.717, 1.165) is 11.6 Å². The highest BCUT2D eigenvalue weighted by Crippen LogP contribution is 2.39. The van der Waals surface area contributed by atoms with Gasteiger partial charge in [-0.3, -0.25) is 0 Å². The van der Waals surface area contributed by atoms with Gasteiger partial charge in [-0.25, -0.2) is 4.98 Å². The molecule has 66 valence electrons. The average Bonchev–Trinajstić information content (AvgIpc) is 2.75. The van der Waals surface area contributed by atoms with Crippen LogP contribution >= 0.6 is 11.8 Å². The van der Waals surface area contributed by atoms with Crippen LogP contribution in [0, 0.1) is 0 Å². The molecular weight excluding hydrogens is 172 g/mol. The number of aromatic nitrogens is 1. The summed E-state index contributed by atoms with van der Waals surface area (Å²) in [7, 11) is 0. The molecule has 1 fully saturated rings. The van der Waals surface area contributed by atoms with Gasteiger partial charge in [-0.1, -0.05) is 0 Å². The summed E-state index contributed by atoms with van der Waals surface area (Å²) in [6.07, 6.45) is 4.12. The number of hydrogen-bond acceptors (Lipinski definition) is 4. The first-order valence-electron chi connectivity index (χ1n) is 4.16. The van der Waals surface area contributed by atoms with Crippen LogP contribution < -0.4 is 5.73 Å². The van der Waals surface area contributed by atoms with Gasteiger partial charge in [0.15, 0.2) is 0 Å². The second-order valence-corrected chi connectivity index (χ2v) is 4.19. The Labute approximate surface area is 75.7 Å². The Morgan fingerprint density at radius 3 is 3.25 bits per heavy atom. The zero-order chi connectivity index (χ0) is 8.39. The molecule has 1 unspecified atom stereocenters. The van der Waals surface area contributed by atoms with Crippen molar-refractivity contribution in [2.45, 2.75) is 24.6 Å². The van der Waals surface area contributed by atoms with E-state index in [9.17, 15) is 0 Å². The quantitative estimate of drug-likeness (QED) is 0.760. The SMILES string of the molecule is NCc1coc(C2CCCS2)n1. The van der Waals surface area contributed by atoms with Crippen LogP contribution in [0.1, 0.15) is 29.7 Å². The van der Waals surface area contributed by atoms with Crippen molar-refractivity contribution in [2.24, 2.45) is 5.73 Å². The van der Waals surface area contributed by atoms with Crippen molar-refractivity contribution in [1.29, 1.82) is 0 Å². The Morgan fingerprint density at radius 2 is 2.67 bits per heavy atom. The van der Waals surface area contributed by atoms with Gasteiger partial charge in [-0.2, -0.15) is 0 Å².